The molecule has 0 unspecified atom stereocenters. The van der Waals surface area contributed by atoms with E-state index in [9.17, 15) is 4.79 Å². The van der Waals surface area contributed by atoms with E-state index >= 15 is 0 Å². The standard InChI is InChI=1S/C17H23N3O/c1-13-7-8-20-12-15(19-16(20)9-13)11-18-17(21)10-14-5-3-2-4-6-14/h7-9,12,14H,2-6,10-11H2,1H3,(H,18,21). The van der Waals surface area contributed by atoms with Gasteiger partial charge in [0.15, 0.2) is 0 Å². The molecule has 0 spiro atoms. The van der Waals surface area contributed by atoms with Gasteiger partial charge in [0.25, 0.3) is 0 Å². The van der Waals surface area contributed by atoms with Crippen LogP contribution in [0.4, 0.5) is 0 Å². The van der Waals surface area contributed by atoms with E-state index in [1.165, 1.54) is 37.7 Å². The molecule has 2 aromatic heterocycles. The van der Waals surface area contributed by atoms with Crippen LogP contribution in [0.3, 0.4) is 0 Å². The quantitative estimate of drug-likeness (QED) is 0.937. The lowest BCUT2D eigenvalue weighted by atomic mass is 9.87. The molecule has 1 saturated carbocycles. The molecule has 1 aliphatic carbocycles. The molecule has 0 atom stereocenters. The summed E-state index contributed by atoms with van der Waals surface area (Å²) in [7, 11) is 0. The normalized spacial score (nSPS) is 16.2. The van der Waals surface area contributed by atoms with Crippen LogP contribution in [-0.4, -0.2) is 15.3 Å². The first-order valence-corrected chi connectivity index (χ1v) is 7.91. The van der Waals surface area contributed by atoms with E-state index in [1.54, 1.807) is 0 Å². The summed E-state index contributed by atoms with van der Waals surface area (Å²) in [6, 6.07) is 4.10. The highest BCUT2D eigenvalue weighted by Crippen LogP contribution is 2.26. The Morgan fingerprint density at radius 2 is 2.19 bits per heavy atom. The molecule has 112 valence electrons. The number of hydrogen-bond donors (Lipinski definition) is 1. The minimum absolute atomic E-state index is 0.162. The maximum Gasteiger partial charge on any atom is 0.220 e. The summed E-state index contributed by atoms with van der Waals surface area (Å²) in [5.41, 5.74) is 3.05. The molecule has 21 heavy (non-hydrogen) atoms. The van der Waals surface area contributed by atoms with Crippen LogP contribution in [0.1, 0.15) is 49.8 Å². The van der Waals surface area contributed by atoms with Crippen LogP contribution in [0, 0.1) is 12.8 Å². The Morgan fingerprint density at radius 3 is 3.00 bits per heavy atom. The number of carbonyl (C=O) groups excluding carboxylic acids is 1. The van der Waals surface area contributed by atoms with Gasteiger partial charge < -0.3 is 9.72 Å². The van der Waals surface area contributed by atoms with Crippen molar-refractivity contribution < 1.29 is 4.79 Å². The maximum atomic E-state index is 12.0. The Kier molecular flexibility index (Phi) is 4.23. The highest BCUT2D eigenvalue weighted by Gasteiger charge is 2.16. The summed E-state index contributed by atoms with van der Waals surface area (Å²) in [6.45, 7) is 2.58. The number of fused-ring (bicyclic) bond motifs is 1. The summed E-state index contributed by atoms with van der Waals surface area (Å²) >= 11 is 0. The molecule has 2 heterocycles. The van der Waals surface area contributed by atoms with Crippen LogP contribution in [-0.2, 0) is 11.3 Å². The second-order valence-corrected chi connectivity index (χ2v) is 6.19. The zero-order valence-corrected chi connectivity index (χ0v) is 12.6. The summed E-state index contributed by atoms with van der Waals surface area (Å²) in [5, 5.41) is 3.01. The van der Waals surface area contributed by atoms with Crippen molar-refractivity contribution in [1.29, 1.82) is 0 Å². The fraction of sp³-hybridized carbons (Fsp3) is 0.529. The molecule has 4 nitrogen and oxygen atoms in total. The summed E-state index contributed by atoms with van der Waals surface area (Å²) < 4.78 is 2.00. The number of aryl methyl sites for hydroxylation is 1. The Hall–Kier alpha value is -1.84. The molecule has 0 saturated heterocycles. The molecule has 2 aromatic rings. The third-order valence-corrected chi connectivity index (χ3v) is 4.33. The van der Waals surface area contributed by atoms with Crippen molar-refractivity contribution in [2.24, 2.45) is 5.92 Å². The number of pyridine rings is 1. The third-order valence-electron chi connectivity index (χ3n) is 4.33. The lowest BCUT2D eigenvalue weighted by Gasteiger charge is -2.20. The van der Waals surface area contributed by atoms with Crippen molar-refractivity contribution in [3.05, 3.63) is 35.8 Å². The average molecular weight is 285 g/mol. The van der Waals surface area contributed by atoms with Crippen LogP contribution >= 0.6 is 0 Å². The molecule has 0 bridgehead atoms. The van der Waals surface area contributed by atoms with Crippen molar-refractivity contribution in [2.45, 2.75) is 52.0 Å². The van der Waals surface area contributed by atoms with E-state index < -0.39 is 0 Å². The van der Waals surface area contributed by atoms with Crippen molar-refractivity contribution in [3.63, 3.8) is 0 Å². The van der Waals surface area contributed by atoms with Crippen molar-refractivity contribution in [2.75, 3.05) is 0 Å². The molecular weight excluding hydrogens is 262 g/mol. The van der Waals surface area contributed by atoms with E-state index in [4.69, 9.17) is 0 Å². The molecule has 0 aliphatic heterocycles. The summed E-state index contributed by atoms with van der Waals surface area (Å²) in [4.78, 5) is 16.5. The van der Waals surface area contributed by atoms with Gasteiger partial charge >= 0.3 is 0 Å². The number of rotatable bonds is 4. The number of nitrogens with one attached hydrogen (secondary N) is 1. The van der Waals surface area contributed by atoms with Crippen LogP contribution in [0.5, 0.6) is 0 Å². The predicted molar refractivity (Wildman–Crippen MR) is 83.0 cm³/mol. The first-order valence-electron chi connectivity index (χ1n) is 7.91. The molecule has 4 heteroatoms. The minimum atomic E-state index is 0.162. The van der Waals surface area contributed by atoms with E-state index in [0.717, 1.165) is 11.3 Å². The molecule has 0 radical (unpaired) electrons. The van der Waals surface area contributed by atoms with Gasteiger partial charge in [-0.05, 0) is 43.4 Å². The van der Waals surface area contributed by atoms with Gasteiger partial charge in [0.05, 0.1) is 12.2 Å². The molecule has 1 N–H and O–H groups in total. The zero-order valence-electron chi connectivity index (χ0n) is 12.6. The Morgan fingerprint density at radius 1 is 1.38 bits per heavy atom. The van der Waals surface area contributed by atoms with Gasteiger partial charge in [-0.1, -0.05) is 19.3 Å². The minimum Gasteiger partial charge on any atom is -0.350 e. The van der Waals surface area contributed by atoms with Crippen LogP contribution in [0.25, 0.3) is 5.65 Å². The lowest BCUT2D eigenvalue weighted by Crippen LogP contribution is -2.26. The number of aromatic nitrogens is 2. The SMILES string of the molecule is Cc1ccn2cc(CNC(=O)CC3CCCCC3)nc2c1. The van der Waals surface area contributed by atoms with Crippen molar-refractivity contribution >= 4 is 11.6 Å². The number of carbonyl (C=O) groups is 1. The van der Waals surface area contributed by atoms with Crippen LogP contribution < -0.4 is 5.32 Å². The molecule has 1 fully saturated rings. The van der Waals surface area contributed by atoms with E-state index in [1.807, 2.05) is 22.9 Å². The predicted octanol–water partition coefficient (Wildman–Crippen LogP) is 3.23. The van der Waals surface area contributed by atoms with Gasteiger partial charge in [-0.25, -0.2) is 4.98 Å². The third kappa shape index (κ3) is 3.63. The molecule has 0 aromatic carbocycles. The molecule has 3 rings (SSSR count). The fourth-order valence-corrected chi connectivity index (χ4v) is 3.14. The van der Waals surface area contributed by atoms with E-state index in [-0.39, 0.29) is 5.91 Å². The highest BCUT2D eigenvalue weighted by molar-refractivity contribution is 5.76. The Bertz CT molecular complexity index is 626. The first kappa shape index (κ1) is 14.1. The zero-order chi connectivity index (χ0) is 14.7. The number of imidazole rings is 1. The second kappa shape index (κ2) is 6.29. The lowest BCUT2D eigenvalue weighted by molar-refractivity contribution is -0.122. The van der Waals surface area contributed by atoms with E-state index in [0.29, 0.717) is 18.9 Å². The van der Waals surface area contributed by atoms with Gasteiger partial charge in [-0.15, -0.1) is 0 Å². The summed E-state index contributed by atoms with van der Waals surface area (Å²) in [5.74, 6) is 0.748. The Labute approximate surface area is 125 Å². The smallest absolute Gasteiger partial charge is 0.220 e. The summed E-state index contributed by atoms with van der Waals surface area (Å²) in [6.07, 6.45) is 11.0. The average Bonchev–Trinajstić information content (AvgIpc) is 2.88. The molecular formula is C17H23N3O. The largest absolute Gasteiger partial charge is 0.350 e. The van der Waals surface area contributed by atoms with Gasteiger partial charge in [0.1, 0.15) is 5.65 Å². The topological polar surface area (TPSA) is 46.4 Å². The molecule has 1 aliphatic rings. The van der Waals surface area contributed by atoms with Crippen LogP contribution in [0.15, 0.2) is 24.5 Å². The monoisotopic (exact) mass is 285 g/mol. The van der Waals surface area contributed by atoms with Crippen molar-refractivity contribution in [1.82, 2.24) is 14.7 Å². The van der Waals surface area contributed by atoms with Gasteiger partial charge in [-0.3, -0.25) is 4.79 Å². The van der Waals surface area contributed by atoms with Gasteiger partial charge in [-0.2, -0.15) is 0 Å². The van der Waals surface area contributed by atoms with Gasteiger partial charge in [0.2, 0.25) is 5.91 Å². The number of nitrogens with zero attached hydrogens (tertiary/aromatic N) is 2. The molecule has 1 amide bonds. The maximum absolute atomic E-state index is 12.0. The Balaban J connectivity index is 1.54. The highest BCUT2D eigenvalue weighted by atomic mass is 16.1. The van der Waals surface area contributed by atoms with Crippen LogP contribution in [0.2, 0.25) is 0 Å². The van der Waals surface area contributed by atoms with Crippen molar-refractivity contribution in [3.8, 4) is 0 Å². The van der Waals surface area contributed by atoms with E-state index in [2.05, 4.69) is 23.3 Å². The first-order chi connectivity index (χ1) is 10.2. The number of hydrogen-bond acceptors (Lipinski definition) is 2. The fourth-order valence-electron chi connectivity index (χ4n) is 3.14. The number of amides is 1. The van der Waals surface area contributed by atoms with Gasteiger partial charge in [0, 0.05) is 18.8 Å². The second-order valence-electron chi connectivity index (χ2n) is 6.19.